The summed E-state index contributed by atoms with van der Waals surface area (Å²) in [5.74, 6) is 0.267. The fourth-order valence-electron chi connectivity index (χ4n) is 4.37. The fourth-order valence-corrected chi connectivity index (χ4v) is 4.63. The molecule has 0 bridgehead atoms. The van der Waals surface area contributed by atoms with Crippen LogP contribution in [-0.4, -0.2) is 78.9 Å². The standard InChI is InChI=1S/C23H29ClN4O3/c24-19-7-2-1-6-18(19)20(27-9-3-4-10-27)16-25-22(29)17-26-11-13-28(14-12-26)23(30)21-8-5-15-31-21/h1-2,5-8,15,20H,3-4,9-14,16-17H2,(H,25,29)/t20-/m1/s1. The topological polar surface area (TPSA) is 69.0 Å². The van der Waals surface area contributed by atoms with E-state index in [4.69, 9.17) is 16.0 Å². The third kappa shape index (κ3) is 5.47. The van der Waals surface area contributed by atoms with E-state index >= 15 is 0 Å². The lowest BCUT2D eigenvalue weighted by Crippen LogP contribution is -2.51. The summed E-state index contributed by atoms with van der Waals surface area (Å²) < 4.78 is 5.20. The molecular formula is C23H29ClN4O3. The minimum atomic E-state index is -0.0951. The van der Waals surface area contributed by atoms with Crippen molar-refractivity contribution >= 4 is 23.4 Å². The van der Waals surface area contributed by atoms with Gasteiger partial charge in [0.05, 0.1) is 18.8 Å². The van der Waals surface area contributed by atoms with Crippen LogP contribution in [0.25, 0.3) is 0 Å². The zero-order chi connectivity index (χ0) is 21.6. The van der Waals surface area contributed by atoms with Gasteiger partial charge < -0.3 is 14.6 Å². The number of piperazine rings is 1. The van der Waals surface area contributed by atoms with Crippen LogP contribution in [0, 0.1) is 0 Å². The molecule has 0 radical (unpaired) electrons. The van der Waals surface area contributed by atoms with E-state index in [1.54, 1.807) is 17.0 Å². The number of amides is 2. The molecule has 0 aliphatic carbocycles. The maximum Gasteiger partial charge on any atom is 0.289 e. The van der Waals surface area contributed by atoms with Gasteiger partial charge >= 0.3 is 0 Å². The molecule has 2 saturated heterocycles. The number of likely N-dealkylation sites (tertiary alicyclic amines) is 1. The lowest BCUT2D eigenvalue weighted by atomic mass is 10.1. The molecule has 7 nitrogen and oxygen atoms in total. The molecule has 0 saturated carbocycles. The summed E-state index contributed by atoms with van der Waals surface area (Å²) in [7, 11) is 0. The Balaban J connectivity index is 1.27. The van der Waals surface area contributed by atoms with Crippen molar-refractivity contribution in [2.24, 2.45) is 0 Å². The van der Waals surface area contributed by atoms with E-state index in [-0.39, 0.29) is 17.9 Å². The third-order valence-corrected chi connectivity index (χ3v) is 6.44. The highest BCUT2D eigenvalue weighted by atomic mass is 35.5. The summed E-state index contributed by atoms with van der Waals surface area (Å²) in [4.78, 5) is 31.3. The minimum Gasteiger partial charge on any atom is -0.459 e. The van der Waals surface area contributed by atoms with Gasteiger partial charge in [0.15, 0.2) is 5.76 Å². The fraction of sp³-hybridized carbons (Fsp3) is 0.478. The summed E-state index contributed by atoms with van der Waals surface area (Å²) in [5, 5.41) is 3.85. The van der Waals surface area contributed by atoms with Crippen molar-refractivity contribution in [3.63, 3.8) is 0 Å². The van der Waals surface area contributed by atoms with Crippen LogP contribution in [0.4, 0.5) is 0 Å². The number of carbonyl (C=O) groups excluding carboxylic acids is 2. The van der Waals surface area contributed by atoms with Crippen molar-refractivity contribution in [1.29, 1.82) is 0 Å². The number of nitrogens with zero attached hydrogens (tertiary/aromatic N) is 3. The third-order valence-electron chi connectivity index (χ3n) is 6.10. The van der Waals surface area contributed by atoms with Gasteiger partial charge in [-0.3, -0.25) is 19.4 Å². The van der Waals surface area contributed by atoms with E-state index in [9.17, 15) is 9.59 Å². The average molecular weight is 445 g/mol. The Morgan fingerprint density at radius 3 is 2.42 bits per heavy atom. The van der Waals surface area contributed by atoms with E-state index in [0.717, 1.165) is 23.7 Å². The van der Waals surface area contributed by atoms with Gasteiger partial charge in [-0.2, -0.15) is 0 Å². The van der Waals surface area contributed by atoms with Crippen molar-refractivity contribution < 1.29 is 14.0 Å². The van der Waals surface area contributed by atoms with Crippen molar-refractivity contribution in [1.82, 2.24) is 20.0 Å². The van der Waals surface area contributed by atoms with Crippen molar-refractivity contribution in [2.45, 2.75) is 18.9 Å². The second-order valence-electron chi connectivity index (χ2n) is 8.13. The molecule has 3 heterocycles. The first-order valence-electron chi connectivity index (χ1n) is 10.9. The molecule has 1 aromatic heterocycles. The smallest absolute Gasteiger partial charge is 0.289 e. The van der Waals surface area contributed by atoms with E-state index in [0.29, 0.717) is 45.0 Å². The molecule has 31 heavy (non-hydrogen) atoms. The first kappa shape index (κ1) is 21.9. The van der Waals surface area contributed by atoms with Gasteiger partial charge in [0, 0.05) is 37.7 Å². The van der Waals surface area contributed by atoms with E-state index < -0.39 is 0 Å². The molecule has 2 fully saturated rings. The summed E-state index contributed by atoms with van der Waals surface area (Å²) >= 11 is 6.46. The monoisotopic (exact) mass is 444 g/mol. The highest BCUT2D eigenvalue weighted by Gasteiger charge is 2.27. The Hall–Kier alpha value is -2.35. The molecule has 0 spiro atoms. The Kier molecular flexibility index (Phi) is 7.27. The Labute approximate surface area is 187 Å². The molecule has 2 aliphatic rings. The molecule has 2 amide bonds. The molecule has 2 aromatic rings. The minimum absolute atomic E-state index is 0.00191. The lowest BCUT2D eigenvalue weighted by molar-refractivity contribution is -0.122. The van der Waals surface area contributed by atoms with Crippen LogP contribution < -0.4 is 5.32 Å². The molecule has 1 aromatic carbocycles. The second kappa shape index (κ2) is 10.3. The Morgan fingerprint density at radius 2 is 1.74 bits per heavy atom. The second-order valence-corrected chi connectivity index (χ2v) is 8.54. The first-order valence-corrected chi connectivity index (χ1v) is 11.3. The maximum atomic E-state index is 12.6. The molecule has 8 heteroatoms. The number of hydrogen-bond donors (Lipinski definition) is 1. The van der Waals surface area contributed by atoms with Gasteiger partial charge in [-0.25, -0.2) is 0 Å². The molecule has 2 aliphatic heterocycles. The Morgan fingerprint density at radius 1 is 1.00 bits per heavy atom. The Bertz CT molecular complexity index is 875. The van der Waals surface area contributed by atoms with Crippen LogP contribution in [0.3, 0.4) is 0 Å². The number of carbonyl (C=O) groups is 2. The highest BCUT2D eigenvalue weighted by molar-refractivity contribution is 6.31. The van der Waals surface area contributed by atoms with E-state index in [2.05, 4.69) is 15.1 Å². The lowest BCUT2D eigenvalue weighted by Gasteiger charge is -2.34. The SMILES string of the molecule is O=C(CN1CCN(C(=O)c2ccco2)CC1)NC[C@H](c1ccccc1Cl)N1CCCC1. The molecule has 4 rings (SSSR count). The number of hydrogen-bond acceptors (Lipinski definition) is 5. The van der Waals surface area contributed by atoms with Crippen LogP contribution in [-0.2, 0) is 4.79 Å². The predicted octanol–water partition coefficient (Wildman–Crippen LogP) is 2.64. The van der Waals surface area contributed by atoms with Gasteiger partial charge in [0.2, 0.25) is 5.91 Å². The molecule has 1 atom stereocenters. The summed E-state index contributed by atoms with van der Waals surface area (Å²) in [6.45, 7) is 5.43. The van der Waals surface area contributed by atoms with Gasteiger partial charge in [-0.05, 0) is 49.7 Å². The van der Waals surface area contributed by atoms with Crippen LogP contribution in [0.5, 0.6) is 0 Å². The zero-order valence-electron chi connectivity index (χ0n) is 17.6. The van der Waals surface area contributed by atoms with Gasteiger partial charge in [-0.1, -0.05) is 29.8 Å². The number of benzene rings is 1. The number of nitrogens with one attached hydrogen (secondary N) is 1. The summed E-state index contributed by atoms with van der Waals surface area (Å²) in [6, 6.07) is 11.4. The zero-order valence-corrected chi connectivity index (χ0v) is 18.4. The van der Waals surface area contributed by atoms with Crippen LogP contribution in [0.1, 0.15) is 35.0 Å². The van der Waals surface area contributed by atoms with Crippen LogP contribution in [0.2, 0.25) is 5.02 Å². The van der Waals surface area contributed by atoms with Crippen molar-refractivity contribution in [3.8, 4) is 0 Å². The number of furan rings is 1. The number of halogens is 1. The molecule has 166 valence electrons. The quantitative estimate of drug-likeness (QED) is 0.711. The normalized spacial score (nSPS) is 18.8. The van der Waals surface area contributed by atoms with Crippen molar-refractivity contribution in [3.05, 3.63) is 59.0 Å². The van der Waals surface area contributed by atoms with Crippen LogP contribution >= 0.6 is 11.6 Å². The predicted molar refractivity (Wildman–Crippen MR) is 119 cm³/mol. The molecule has 0 unspecified atom stereocenters. The first-order chi connectivity index (χ1) is 15.1. The van der Waals surface area contributed by atoms with Crippen LogP contribution in [0.15, 0.2) is 47.1 Å². The maximum absolute atomic E-state index is 12.6. The van der Waals surface area contributed by atoms with Gasteiger partial charge in [0.1, 0.15) is 0 Å². The molecular weight excluding hydrogens is 416 g/mol. The summed E-state index contributed by atoms with van der Waals surface area (Å²) in [5.41, 5.74) is 1.07. The summed E-state index contributed by atoms with van der Waals surface area (Å²) in [6.07, 6.45) is 3.86. The molecule has 1 N–H and O–H groups in total. The van der Waals surface area contributed by atoms with E-state index in [1.807, 2.05) is 24.3 Å². The largest absolute Gasteiger partial charge is 0.459 e. The van der Waals surface area contributed by atoms with E-state index in [1.165, 1.54) is 19.1 Å². The van der Waals surface area contributed by atoms with Crippen molar-refractivity contribution in [2.75, 3.05) is 52.4 Å². The highest BCUT2D eigenvalue weighted by Crippen LogP contribution is 2.29. The van der Waals surface area contributed by atoms with Gasteiger partial charge in [0.25, 0.3) is 5.91 Å². The van der Waals surface area contributed by atoms with Gasteiger partial charge in [-0.15, -0.1) is 0 Å². The number of rotatable bonds is 7. The average Bonchev–Trinajstić information content (AvgIpc) is 3.50.